The van der Waals surface area contributed by atoms with Gasteiger partial charge in [0, 0.05) is 12.8 Å². The van der Waals surface area contributed by atoms with E-state index >= 15 is 0 Å². The molecule has 0 aromatic rings. The van der Waals surface area contributed by atoms with Crippen molar-refractivity contribution < 1.29 is 13.9 Å². The number of aliphatic hydroxyl groups excluding tert-OH is 1. The lowest BCUT2D eigenvalue weighted by Gasteiger charge is -2.42. The molecule has 3 heteroatoms. The molecule has 0 heterocycles. The van der Waals surface area contributed by atoms with E-state index in [1.165, 1.54) is 0 Å². The molecule has 0 bridgehead atoms. The third kappa shape index (κ3) is 2.90. The monoisotopic (exact) mass is 220 g/mol. The molecule has 1 rings (SSSR count). The predicted molar refractivity (Wildman–Crippen MR) is 57.0 cm³/mol. The van der Waals surface area contributed by atoms with Gasteiger partial charge in [0.1, 0.15) is 0 Å². The Hall–Kier alpha value is -0.180. The number of hydrogen-bond acceptors (Lipinski definition) is 1. The first-order chi connectivity index (χ1) is 6.79. The van der Waals surface area contributed by atoms with Crippen molar-refractivity contribution in [1.29, 1.82) is 0 Å². The minimum absolute atomic E-state index is 0.0163. The molecule has 0 aliphatic heterocycles. The molecule has 1 N–H and O–H groups in total. The van der Waals surface area contributed by atoms with Gasteiger partial charge in [-0.15, -0.1) is 0 Å². The quantitative estimate of drug-likeness (QED) is 0.770. The second-order valence-electron chi connectivity index (χ2n) is 5.38. The second-order valence-corrected chi connectivity index (χ2v) is 5.38. The first kappa shape index (κ1) is 12.9. The Morgan fingerprint density at radius 2 is 1.80 bits per heavy atom. The molecule has 15 heavy (non-hydrogen) atoms. The highest BCUT2D eigenvalue weighted by molar-refractivity contribution is 4.89. The van der Waals surface area contributed by atoms with Crippen LogP contribution in [-0.2, 0) is 0 Å². The van der Waals surface area contributed by atoms with Gasteiger partial charge in [-0.2, -0.15) is 0 Å². The molecule has 1 nitrogen and oxygen atoms in total. The Morgan fingerprint density at radius 1 is 1.33 bits per heavy atom. The number of alkyl halides is 2. The van der Waals surface area contributed by atoms with Crippen LogP contribution in [0.25, 0.3) is 0 Å². The first-order valence-electron chi connectivity index (χ1n) is 5.85. The standard InChI is InChI=1S/C12H22F2O/c1-4-10(15)11(2,3)9-5-7-12(13,14)8-6-9/h9-10,15H,4-8H2,1-3H3. The van der Waals surface area contributed by atoms with Crippen molar-refractivity contribution in [2.24, 2.45) is 11.3 Å². The molecule has 0 saturated heterocycles. The van der Waals surface area contributed by atoms with E-state index in [4.69, 9.17) is 0 Å². The molecule has 1 aliphatic rings. The molecule has 90 valence electrons. The summed E-state index contributed by atoms with van der Waals surface area (Å²) in [7, 11) is 0. The maximum atomic E-state index is 13.0. The van der Waals surface area contributed by atoms with Crippen LogP contribution in [0.1, 0.15) is 52.9 Å². The van der Waals surface area contributed by atoms with Crippen molar-refractivity contribution in [1.82, 2.24) is 0 Å². The SMILES string of the molecule is CCC(O)C(C)(C)C1CCC(F)(F)CC1. The van der Waals surface area contributed by atoms with E-state index in [-0.39, 0.29) is 30.3 Å². The fraction of sp³-hybridized carbons (Fsp3) is 1.00. The summed E-state index contributed by atoms with van der Waals surface area (Å²) in [4.78, 5) is 0. The highest BCUT2D eigenvalue weighted by atomic mass is 19.3. The van der Waals surface area contributed by atoms with Crippen molar-refractivity contribution in [2.75, 3.05) is 0 Å². The third-order valence-corrected chi connectivity index (χ3v) is 4.01. The summed E-state index contributed by atoms with van der Waals surface area (Å²) < 4.78 is 26.0. The predicted octanol–water partition coefficient (Wildman–Crippen LogP) is 3.61. The van der Waals surface area contributed by atoms with E-state index in [0.29, 0.717) is 19.3 Å². The van der Waals surface area contributed by atoms with Crippen molar-refractivity contribution in [3.05, 3.63) is 0 Å². The van der Waals surface area contributed by atoms with Crippen molar-refractivity contribution in [3.8, 4) is 0 Å². The van der Waals surface area contributed by atoms with Crippen molar-refractivity contribution in [3.63, 3.8) is 0 Å². The Bertz CT molecular complexity index is 204. The van der Waals surface area contributed by atoms with Crippen molar-refractivity contribution in [2.45, 2.75) is 64.9 Å². The maximum Gasteiger partial charge on any atom is 0.248 e. The van der Waals surface area contributed by atoms with Crippen LogP contribution in [0.4, 0.5) is 8.78 Å². The van der Waals surface area contributed by atoms with Gasteiger partial charge in [-0.05, 0) is 30.6 Å². The van der Waals surface area contributed by atoms with E-state index < -0.39 is 5.92 Å². The van der Waals surface area contributed by atoms with Crippen LogP contribution in [0.3, 0.4) is 0 Å². The average Bonchev–Trinajstić information content (AvgIpc) is 2.15. The molecule has 1 saturated carbocycles. The summed E-state index contributed by atoms with van der Waals surface area (Å²) in [5.41, 5.74) is -0.231. The molecule has 1 fully saturated rings. The zero-order valence-electron chi connectivity index (χ0n) is 9.89. The van der Waals surface area contributed by atoms with Crippen LogP contribution in [0, 0.1) is 11.3 Å². The van der Waals surface area contributed by atoms with Crippen molar-refractivity contribution >= 4 is 0 Å². The normalized spacial score (nSPS) is 25.2. The molecule has 1 unspecified atom stereocenters. The van der Waals surface area contributed by atoms with E-state index in [1.54, 1.807) is 0 Å². The summed E-state index contributed by atoms with van der Waals surface area (Å²) in [5, 5.41) is 9.88. The Labute approximate surface area is 90.9 Å². The van der Waals surface area contributed by atoms with Crippen LogP contribution in [0.2, 0.25) is 0 Å². The van der Waals surface area contributed by atoms with Gasteiger partial charge in [-0.25, -0.2) is 8.78 Å². The summed E-state index contributed by atoms with van der Waals surface area (Å²) in [6, 6.07) is 0. The Balaban J connectivity index is 2.59. The zero-order valence-corrected chi connectivity index (χ0v) is 9.89. The molecule has 0 radical (unpaired) electrons. The largest absolute Gasteiger partial charge is 0.393 e. The van der Waals surface area contributed by atoms with Gasteiger partial charge in [0.25, 0.3) is 0 Å². The van der Waals surface area contributed by atoms with Crippen LogP contribution >= 0.6 is 0 Å². The molecular weight excluding hydrogens is 198 g/mol. The van der Waals surface area contributed by atoms with Gasteiger partial charge < -0.3 is 5.11 Å². The molecule has 0 aromatic carbocycles. The lowest BCUT2D eigenvalue weighted by Crippen LogP contribution is -2.40. The Kier molecular flexibility index (Phi) is 3.75. The minimum atomic E-state index is -2.47. The minimum Gasteiger partial charge on any atom is -0.393 e. The first-order valence-corrected chi connectivity index (χ1v) is 5.85. The van der Waals surface area contributed by atoms with E-state index in [9.17, 15) is 13.9 Å². The number of halogens is 2. The van der Waals surface area contributed by atoms with Gasteiger partial charge in [0.2, 0.25) is 5.92 Å². The van der Waals surface area contributed by atoms with Gasteiger partial charge in [-0.1, -0.05) is 20.8 Å². The van der Waals surface area contributed by atoms with Gasteiger partial charge in [0.05, 0.1) is 6.10 Å². The number of aliphatic hydroxyl groups is 1. The van der Waals surface area contributed by atoms with Crippen LogP contribution < -0.4 is 0 Å². The zero-order chi connectivity index (χ0) is 11.7. The van der Waals surface area contributed by atoms with E-state index in [0.717, 1.165) is 0 Å². The lowest BCUT2D eigenvalue weighted by atomic mass is 9.67. The van der Waals surface area contributed by atoms with E-state index in [2.05, 4.69) is 0 Å². The summed E-state index contributed by atoms with van der Waals surface area (Å²) in [6.07, 6.45) is 1.36. The molecular formula is C12H22F2O. The van der Waals surface area contributed by atoms with Gasteiger partial charge >= 0.3 is 0 Å². The molecule has 1 atom stereocenters. The van der Waals surface area contributed by atoms with Crippen LogP contribution in [0.15, 0.2) is 0 Å². The maximum absolute atomic E-state index is 13.0. The molecule has 0 aromatic heterocycles. The smallest absolute Gasteiger partial charge is 0.248 e. The number of hydrogen-bond donors (Lipinski definition) is 1. The fourth-order valence-electron chi connectivity index (χ4n) is 2.58. The molecule has 0 spiro atoms. The summed E-state index contributed by atoms with van der Waals surface area (Å²) in [5.74, 6) is -2.24. The summed E-state index contributed by atoms with van der Waals surface area (Å²) >= 11 is 0. The highest BCUT2D eigenvalue weighted by Gasteiger charge is 2.42. The number of rotatable bonds is 3. The van der Waals surface area contributed by atoms with Crippen LogP contribution in [0.5, 0.6) is 0 Å². The van der Waals surface area contributed by atoms with Gasteiger partial charge in [-0.3, -0.25) is 0 Å². The average molecular weight is 220 g/mol. The molecule has 0 amide bonds. The summed E-state index contributed by atoms with van der Waals surface area (Å²) in [6.45, 7) is 5.93. The van der Waals surface area contributed by atoms with E-state index in [1.807, 2.05) is 20.8 Å². The fourth-order valence-corrected chi connectivity index (χ4v) is 2.58. The molecule has 1 aliphatic carbocycles. The second kappa shape index (κ2) is 4.36. The lowest BCUT2D eigenvalue weighted by molar-refractivity contribution is -0.0815. The van der Waals surface area contributed by atoms with Gasteiger partial charge in [0.15, 0.2) is 0 Å². The van der Waals surface area contributed by atoms with Crippen LogP contribution in [-0.4, -0.2) is 17.1 Å². The highest BCUT2D eigenvalue weighted by Crippen LogP contribution is 2.45. The topological polar surface area (TPSA) is 20.2 Å². The third-order valence-electron chi connectivity index (χ3n) is 4.01. The Morgan fingerprint density at radius 3 is 2.20 bits per heavy atom.